The van der Waals surface area contributed by atoms with Gasteiger partial charge in [-0.2, -0.15) is 4.31 Å². The number of nitrogens with zero attached hydrogens (tertiary/aromatic N) is 1. The second-order valence-corrected chi connectivity index (χ2v) is 6.86. The van der Waals surface area contributed by atoms with Crippen LogP contribution in [0.5, 0.6) is 0 Å². The van der Waals surface area contributed by atoms with Crippen LogP contribution in [-0.4, -0.2) is 32.2 Å². The minimum atomic E-state index is -3.88. The number of halogens is 2. The molecule has 1 rings (SSSR count). The van der Waals surface area contributed by atoms with Crippen molar-refractivity contribution < 1.29 is 17.2 Å². The van der Waals surface area contributed by atoms with Gasteiger partial charge in [0.1, 0.15) is 0 Å². The maximum Gasteiger partial charge on any atom is 0.252 e. The molecule has 20 heavy (non-hydrogen) atoms. The fraction of sp³-hybridized carbons (Fsp3) is 0.571. The van der Waals surface area contributed by atoms with Crippen LogP contribution in [0.4, 0.5) is 8.78 Å². The van der Waals surface area contributed by atoms with Crippen molar-refractivity contribution in [3.8, 4) is 0 Å². The summed E-state index contributed by atoms with van der Waals surface area (Å²) in [6, 6.07) is 3.51. The highest BCUT2D eigenvalue weighted by Crippen LogP contribution is 2.25. The average Bonchev–Trinajstić information content (AvgIpc) is 2.25. The Kier molecular flexibility index (Phi) is 5.65. The number of sulfonamides is 1. The van der Waals surface area contributed by atoms with Gasteiger partial charge < -0.3 is 0 Å². The molecule has 0 fully saturated rings. The minimum absolute atomic E-state index is 0.0967. The molecular formula is C14H21F2NO2S. The fourth-order valence-electron chi connectivity index (χ4n) is 2.42. The molecular weight excluding hydrogens is 284 g/mol. The van der Waals surface area contributed by atoms with Crippen molar-refractivity contribution in [1.29, 1.82) is 0 Å². The van der Waals surface area contributed by atoms with Crippen LogP contribution in [0.15, 0.2) is 17.0 Å². The largest absolute Gasteiger partial charge is 0.252 e. The Morgan fingerprint density at radius 1 is 1.15 bits per heavy atom. The van der Waals surface area contributed by atoms with Gasteiger partial charge in [0.05, 0.1) is 11.4 Å². The molecule has 0 aliphatic rings. The molecule has 3 nitrogen and oxygen atoms in total. The van der Waals surface area contributed by atoms with Crippen LogP contribution >= 0.6 is 0 Å². The highest BCUT2D eigenvalue weighted by molar-refractivity contribution is 7.89. The molecule has 0 spiro atoms. The zero-order valence-corrected chi connectivity index (χ0v) is 13.1. The van der Waals surface area contributed by atoms with Crippen molar-refractivity contribution in [1.82, 2.24) is 4.31 Å². The Labute approximate surface area is 119 Å². The molecule has 6 heteroatoms. The predicted molar refractivity (Wildman–Crippen MR) is 75.7 cm³/mol. The van der Waals surface area contributed by atoms with E-state index in [0.29, 0.717) is 17.5 Å². The highest BCUT2D eigenvalue weighted by atomic mass is 32.2. The predicted octanol–water partition coefficient (Wildman–Crippen LogP) is 3.28. The third-order valence-electron chi connectivity index (χ3n) is 3.02. The van der Waals surface area contributed by atoms with Crippen LogP contribution in [0, 0.1) is 20.8 Å². The van der Waals surface area contributed by atoms with Crippen LogP contribution in [-0.2, 0) is 10.0 Å². The third kappa shape index (κ3) is 3.76. The summed E-state index contributed by atoms with van der Waals surface area (Å²) in [5, 5.41) is 0. The van der Waals surface area contributed by atoms with E-state index < -0.39 is 23.0 Å². The molecule has 0 aliphatic heterocycles. The van der Waals surface area contributed by atoms with E-state index >= 15 is 0 Å². The van der Waals surface area contributed by atoms with Gasteiger partial charge in [0.2, 0.25) is 10.0 Å². The van der Waals surface area contributed by atoms with Crippen molar-refractivity contribution in [3.05, 3.63) is 28.8 Å². The van der Waals surface area contributed by atoms with E-state index in [1.807, 2.05) is 6.92 Å². The second kappa shape index (κ2) is 6.63. The zero-order chi connectivity index (χ0) is 15.5. The van der Waals surface area contributed by atoms with E-state index in [1.54, 1.807) is 32.9 Å². The SMILES string of the molecule is CCCN(CC(F)F)S(=O)(=O)c1c(C)cc(C)cc1C. The van der Waals surface area contributed by atoms with Crippen LogP contribution < -0.4 is 0 Å². The summed E-state index contributed by atoms with van der Waals surface area (Å²) in [5.41, 5.74) is 2.14. The molecule has 0 heterocycles. The number of rotatable bonds is 6. The molecule has 0 amide bonds. The Morgan fingerprint density at radius 2 is 1.65 bits per heavy atom. The molecule has 0 saturated heterocycles. The molecule has 0 aromatic heterocycles. The first kappa shape index (κ1) is 17.0. The third-order valence-corrected chi connectivity index (χ3v) is 5.19. The van der Waals surface area contributed by atoms with E-state index in [9.17, 15) is 17.2 Å². The van der Waals surface area contributed by atoms with E-state index in [0.717, 1.165) is 9.87 Å². The first-order valence-electron chi connectivity index (χ1n) is 6.56. The van der Waals surface area contributed by atoms with Crippen LogP contribution in [0.3, 0.4) is 0 Å². The summed E-state index contributed by atoms with van der Waals surface area (Å²) in [6.07, 6.45) is -2.18. The van der Waals surface area contributed by atoms with Gasteiger partial charge in [-0.05, 0) is 38.3 Å². The van der Waals surface area contributed by atoms with Crippen LogP contribution in [0.25, 0.3) is 0 Å². The fourth-order valence-corrected chi connectivity index (χ4v) is 4.34. The van der Waals surface area contributed by atoms with Crippen LogP contribution in [0.2, 0.25) is 0 Å². The van der Waals surface area contributed by atoms with Gasteiger partial charge in [0.15, 0.2) is 0 Å². The number of hydrogen-bond acceptors (Lipinski definition) is 2. The van der Waals surface area contributed by atoms with Crippen molar-refractivity contribution in [2.75, 3.05) is 13.1 Å². The van der Waals surface area contributed by atoms with Crippen LogP contribution in [0.1, 0.15) is 30.0 Å². The normalized spacial score (nSPS) is 12.4. The maximum atomic E-state index is 12.6. The summed E-state index contributed by atoms with van der Waals surface area (Å²) in [7, 11) is -3.88. The number of alkyl halides is 2. The molecule has 114 valence electrons. The summed E-state index contributed by atoms with van der Waals surface area (Å²) in [6.45, 7) is 6.36. The zero-order valence-electron chi connectivity index (χ0n) is 12.3. The molecule has 0 aliphatic carbocycles. The monoisotopic (exact) mass is 305 g/mol. The van der Waals surface area contributed by atoms with Crippen molar-refractivity contribution in [2.45, 2.75) is 45.4 Å². The van der Waals surface area contributed by atoms with Gasteiger partial charge in [-0.25, -0.2) is 17.2 Å². The molecule has 1 aromatic carbocycles. The van der Waals surface area contributed by atoms with Gasteiger partial charge in [0, 0.05) is 6.54 Å². The lowest BCUT2D eigenvalue weighted by atomic mass is 10.1. The highest BCUT2D eigenvalue weighted by Gasteiger charge is 2.29. The summed E-state index contributed by atoms with van der Waals surface area (Å²) < 4.78 is 51.3. The van der Waals surface area contributed by atoms with E-state index in [-0.39, 0.29) is 11.4 Å². The molecule has 0 unspecified atom stereocenters. The first-order chi connectivity index (χ1) is 9.20. The minimum Gasteiger partial charge on any atom is -0.209 e. The lowest BCUT2D eigenvalue weighted by Gasteiger charge is -2.23. The summed E-state index contributed by atoms with van der Waals surface area (Å²) >= 11 is 0. The molecule has 0 bridgehead atoms. The summed E-state index contributed by atoms with van der Waals surface area (Å²) in [4.78, 5) is 0.150. The van der Waals surface area contributed by atoms with E-state index in [4.69, 9.17) is 0 Å². The van der Waals surface area contributed by atoms with E-state index in [2.05, 4.69) is 0 Å². The molecule has 0 radical (unpaired) electrons. The molecule has 1 aromatic rings. The van der Waals surface area contributed by atoms with E-state index in [1.165, 1.54) is 0 Å². The standard InChI is InChI=1S/C14H21F2NO2S/c1-5-6-17(9-13(15)16)20(18,19)14-11(3)7-10(2)8-12(14)4/h7-8,13H,5-6,9H2,1-4H3. The van der Waals surface area contributed by atoms with Gasteiger partial charge in [-0.3, -0.25) is 0 Å². The lowest BCUT2D eigenvalue weighted by Crippen LogP contribution is -2.36. The number of aryl methyl sites for hydroxylation is 3. The van der Waals surface area contributed by atoms with Crippen molar-refractivity contribution in [3.63, 3.8) is 0 Å². The second-order valence-electron chi connectivity index (χ2n) is 4.98. The van der Waals surface area contributed by atoms with Gasteiger partial charge in [-0.15, -0.1) is 0 Å². The topological polar surface area (TPSA) is 37.4 Å². The van der Waals surface area contributed by atoms with Crippen molar-refractivity contribution in [2.24, 2.45) is 0 Å². The molecule has 0 N–H and O–H groups in total. The smallest absolute Gasteiger partial charge is 0.209 e. The number of benzene rings is 1. The Morgan fingerprint density at radius 3 is 2.05 bits per heavy atom. The first-order valence-corrected chi connectivity index (χ1v) is 8.00. The Hall–Kier alpha value is -1.01. The Balaban J connectivity index is 3.33. The molecule has 0 saturated carbocycles. The lowest BCUT2D eigenvalue weighted by molar-refractivity contribution is 0.119. The van der Waals surface area contributed by atoms with Gasteiger partial charge >= 0.3 is 0 Å². The summed E-state index contributed by atoms with van der Waals surface area (Å²) in [5.74, 6) is 0. The Bertz CT molecular complexity index is 548. The average molecular weight is 305 g/mol. The number of hydrogen-bond donors (Lipinski definition) is 0. The quantitative estimate of drug-likeness (QED) is 0.809. The maximum absolute atomic E-state index is 12.6. The molecule has 0 atom stereocenters. The van der Waals surface area contributed by atoms with Gasteiger partial charge in [-0.1, -0.05) is 24.6 Å². The van der Waals surface area contributed by atoms with Crippen molar-refractivity contribution >= 4 is 10.0 Å². The van der Waals surface area contributed by atoms with Gasteiger partial charge in [0.25, 0.3) is 6.43 Å².